The SMILES string of the molecule is CN=C(NCCc1ncc(C)s1)N1CCC(OCCCOC)CC1. The number of aliphatic imine (C=N–C) groups is 1. The van der Waals surface area contributed by atoms with E-state index < -0.39 is 0 Å². The van der Waals surface area contributed by atoms with Crippen LogP contribution in [0.25, 0.3) is 0 Å². The number of nitrogens with zero attached hydrogens (tertiary/aromatic N) is 3. The van der Waals surface area contributed by atoms with Gasteiger partial charge in [0.25, 0.3) is 0 Å². The molecular weight excluding hydrogens is 324 g/mol. The van der Waals surface area contributed by atoms with Crippen molar-refractivity contribution in [2.24, 2.45) is 4.99 Å². The number of thiazole rings is 1. The summed E-state index contributed by atoms with van der Waals surface area (Å²) in [5.41, 5.74) is 0. The Kier molecular flexibility index (Phi) is 8.49. The van der Waals surface area contributed by atoms with E-state index in [9.17, 15) is 0 Å². The van der Waals surface area contributed by atoms with Crippen molar-refractivity contribution in [1.82, 2.24) is 15.2 Å². The Morgan fingerprint density at radius 1 is 1.42 bits per heavy atom. The number of rotatable bonds is 8. The molecule has 1 aliphatic heterocycles. The lowest BCUT2D eigenvalue weighted by Crippen LogP contribution is -2.47. The molecule has 1 N–H and O–H groups in total. The fourth-order valence-electron chi connectivity index (χ4n) is 2.82. The maximum absolute atomic E-state index is 5.91. The number of aromatic nitrogens is 1. The van der Waals surface area contributed by atoms with Gasteiger partial charge in [0.05, 0.1) is 11.1 Å². The van der Waals surface area contributed by atoms with Gasteiger partial charge in [-0.2, -0.15) is 0 Å². The first-order valence-electron chi connectivity index (χ1n) is 8.70. The Hall–Kier alpha value is -1.18. The van der Waals surface area contributed by atoms with Crippen LogP contribution in [0.15, 0.2) is 11.2 Å². The van der Waals surface area contributed by atoms with Crippen molar-refractivity contribution < 1.29 is 9.47 Å². The highest BCUT2D eigenvalue weighted by molar-refractivity contribution is 7.11. The van der Waals surface area contributed by atoms with Crippen LogP contribution in [0.1, 0.15) is 29.1 Å². The number of hydrogen-bond acceptors (Lipinski definition) is 5. The number of hydrogen-bond donors (Lipinski definition) is 1. The van der Waals surface area contributed by atoms with Crippen LogP contribution < -0.4 is 5.32 Å². The molecule has 1 aromatic heterocycles. The van der Waals surface area contributed by atoms with Crippen LogP contribution in [0.4, 0.5) is 0 Å². The summed E-state index contributed by atoms with van der Waals surface area (Å²) in [6.45, 7) is 6.50. The maximum atomic E-state index is 5.91. The Morgan fingerprint density at radius 3 is 2.83 bits per heavy atom. The molecule has 0 unspecified atom stereocenters. The molecular formula is C17H30N4O2S. The molecule has 2 heterocycles. The Bertz CT molecular complexity index is 499. The highest BCUT2D eigenvalue weighted by Gasteiger charge is 2.21. The van der Waals surface area contributed by atoms with Crippen LogP contribution in [-0.4, -0.2) is 69.0 Å². The van der Waals surface area contributed by atoms with Gasteiger partial charge < -0.3 is 19.7 Å². The predicted molar refractivity (Wildman–Crippen MR) is 99.0 cm³/mol. The van der Waals surface area contributed by atoms with Crippen LogP contribution in [0, 0.1) is 6.92 Å². The normalized spacial score (nSPS) is 16.6. The molecule has 0 aromatic carbocycles. The van der Waals surface area contributed by atoms with Crippen molar-refractivity contribution in [2.75, 3.05) is 47.0 Å². The van der Waals surface area contributed by atoms with Crippen LogP contribution in [0.5, 0.6) is 0 Å². The van der Waals surface area contributed by atoms with E-state index in [1.54, 1.807) is 18.4 Å². The van der Waals surface area contributed by atoms with E-state index in [1.165, 1.54) is 9.88 Å². The Morgan fingerprint density at radius 2 is 2.21 bits per heavy atom. The summed E-state index contributed by atoms with van der Waals surface area (Å²) in [4.78, 5) is 12.4. The molecule has 7 heteroatoms. The third-order valence-electron chi connectivity index (χ3n) is 4.09. The minimum absolute atomic E-state index is 0.370. The number of aryl methyl sites for hydroxylation is 1. The molecule has 1 aromatic rings. The number of ether oxygens (including phenoxy) is 2. The van der Waals surface area contributed by atoms with Crippen molar-refractivity contribution in [1.29, 1.82) is 0 Å². The van der Waals surface area contributed by atoms with Gasteiger partial charge in [0.15, 0.2) is 5.96 Å². The molecule has 0 bridgehead atoms. The summed E-state index contributed by atoms with van der Waals surface area (Å²) >= 11 is 1.76. The molecule has 0 spiro atoms. The highest BCUT2D eigenvalue weighted by Crippen LogP contribution is 2.14. The highest BCUT2D eigenvalue weighted by atomic mass is 32.1. The lowest BCUT2D eigenvalue weighted by atomic mass is 10.1. The summed E-state index contributed by atoms with van der Waals surface area (Å²) in [5, 5.41) is 4.64. The first-order chi connectivity index (χ1) is 11.7. The first kappa shape index (κ1) is 19.1. The van der Waals surface area contributed by atoms with Crippen molar-refractivity contribution in [3.63, 3.8) is 0 Å². The Balaban J connectivity index is 1.65. The van der Waals surface area contributed by atoms with E-state index in [4.69, 9.17) is 9.47 Å². The molecule has 0 radical (unpaired) electrons. The summed E-state index contributed by atoms with van der Waals surface area (Å²) in [5.74, 6) is 0.987. The van der Waals surface area contributed by atoms with Gasteiger partial charge in [-0.1, -0.05) is 0 Å². The number of likely N-dealkylation sites (tertiary alicyclic amines) is 1. The molecule has 1 fully saturated rings. The standard InChI is InChI=1S/C17H30N4O2S/c1-14-13-20-16(24-14)5-8-19-17(18-2)21-9-6-15(7-10-21)23-12-4-11-22-3/h13,15H,4-12H2,1-3H3,(H,18,19). The van der Waals surface area contributed by atoms with Gasteiger partial charge in [-0.05, 0) is 26.2 Å². The number of nitrogens with one attached hydrogen (secondary N) is 1. The molecule has 2 rings (SSSR count). The van der Waals surface area contributed by atoms with Crippen molar-refractivity contribution in [3.05, 3.63) is 16.1 Å². The molecule has 1 saturated heterocycles. The van der Waals surface area contributed by atoms with Gasteiger partial charge in [-0.3, -0.25) is 4.99 Å². The fourth-order valence-corrected chi connectivity index (χ4v) is 3.60. The maximum Gasteiger partial charge on any atom is 0.193 e. The van der Waals surface area contributed by atoms with E-state index in [0.717, 1.165) is 64.5 Å². The van der Waals surface area contributed by atoms with E-state index in [-0.39, 0.29) is 0 Å². The molecule has 136 valence electrons. The van der Waals surface area contributed by atoms with Crippen LogP contribution in [-0.2, 0) is 15.9 Å². The molecule has 0 aliphatic carbocycles. The van der Waals surface area contributed by atoms with Gasteiger partial charge in [-0.25, -0.2) is 4.98 Å². The zero-order valence-electron chi connectivity index (χ0n) is 15.1. The van der Waals surface area contributed by atoms with E-state index in [0.29, 0.717) is 6.10 Å². The quantitative estimate of drug-likeness (QED) is 0.440. The van der Waals surface area contributed by atoms with Gasteiger partial charge in [0.1, 0.15) is 0 Å². The molecule has 6 nitrogen and oxygen atoms in total. The van der Waals surface area contributed by atoms with Crippen molar-refractivity contribution >= 4 is 17.3 Å². The number of methoxy groups -OCH3 is 1. The predicted octanol–water partition coefficient (Wildman–Crippen LogP) is 2.09. The van der Waals surface area contributed by atoms with E-state index in [1.807, 2.05) is 13.2 Å². The average molecular weight is 355 g/mol. The summed E-state index contributed by atoms with van der Waals surface area (Å²) in [7, 11) is 3.58. The largest absolute Gasteiger partial charge is 0.385 e. The summed E-state index contributed by atoms with van der Waals surface area (Å²) < 4.78 is 11.0. The summed E-state index contributed by atoms with van der Waals surface area (Å²) in [6.07, 6.45) is 6.33. The van der Waals surface area contributed by atoms with Crippen LogP contribution in [0.3, 0.4) is 0 Å². The third-order valence-corrected chi connectivity index (χ3v) is 5.06. The zero-order chi connectivity index (χ0) is 17.2. The average Bonchev–Trinajstić information content (AvgIpc) is 3.02. The van der Waals surface area contributed by atoms with E-state index in [2.05, 4.69) is 27.1 Å². The lowest BCUT2D eigenvalue weighted by molar-refractivity contribution is 0.00992. The van der Waals surface area contributed by atoms with Gasteiger partial charge in [0, 0.05) is 64.5 Å². The molecule has 1 aliphatic rings. The smallest absolute Gasteiger partial charge is 0.193 e. The second-order valence-corrected chi connectivity index (χ2v) is 7.31. The number of guanidine groups is 1. The Labute approximate surface area is 149 Å². The van der Waals surface area contributed by atoms with Crippen LogP contribution in [0.2, 0.25) is 0 Å². The van der Waals surface area contributed by atoms with Crippen molar-refractivity contribution in [2.45, 2.75) is 38.7 Å². The second kappa shape index (κ2) is 10.6. The van der Waals surface area contributed by atoms with Gasteiger partial charge >= 0.3 is 0 Å². The topological polar surface area (TPSA) is 59.0 Å². The van der Waals surface area contributed by atoms with Crippen LogP contribution >= 0.6 is 11.3 Å². The third kappa shape index (κ3) is 6.37. The first-order valence-corrected chi connectivity index (χ1v) is 9.52. The van der Waals surface area contributed by atoms with Gasteiger partial charge in [-0.15, -0.1) is 11.3 Å². The van der Waals surface area contributed by atoms with Gasteiger partial charge in [0.2, 0.25) is 0 Å². The fraction of sp³-hybridized carbons (Fsp3) is 0.765. The molecule has 0 amide bonds. The molecule has 0 atom stereocenters. The zero-order valence-corrected chi connectivity index (χ0v) is 15.9. The number of piperidine rings is 1. The van der Waals surface area contributed by atoms with Crippen molar-refractivity contribution in [3.8, 4) is 0 Å². The minimum Gasteiger partial charge on any atom is -0.385 e. The monoisotopic (exact) mass is 354 g/mol. The molecule has 24 heavy (non-hydrogen) atoms. The summed E-state index contributed by atoms with van der Waals surface area (Å²) in [6, 6.07) is 0. The second-order valence-electron chi connectivity index (χ2n) is 5.99. The lowest BCUT2D eigenvalue weighted by Gasteiger charge is -2.34. The van der Waals surface area contributed by atoms with E-state index >= 15 is 0 Å². The minimum atomic E-state index is 0.370. The molecule has 0 saturated carbocycles.